The minimum atomic E-state index is -0.466. The third kappa shape index (κ3) is 8.47. The van der Waals surface area contributed by atoms with Crippen LogP contribution in [-0.2, 0) is 11.3 Å². The average Bonchev–Trinajstić information content (AvgIpc) is 3.13. The second-order valence-electron chi connectivity index (χ2n) is 9.63. The smallest absolute Gasteiger partial charge is 0.410 e. The molecule has 1 aromatic heterocycles. The number of ether oxygens (including phenoxy) is 1. The van der Waals surface area contributed by atoms with E-state index in [1.165, 1.54) is 17.7 Å². The number of amides is 1. The molecule has 0 N–H and O–H groups in total. The zero-order valence-electron chi connectivity index (χ0n) is 21.1. The number of aromatic nitrogens is 3. The molecule has 0 bridgehead atoms. The Bertz CT molecular complexity index is 1040. The molecule has 4 rings (SSSR count). The fraction of sp³-hybridized carbons (Fsp3) is 0.444. The molecule has 35 heavy (non-hydrogen) atoms. The van der Waals surface area contributed by atoms with Gasteiger partial charge >= 0.3 is 6.09 Å². The van der Waals surface area contributed by atoms with E-state index < -0.39 is 5.60 Å². The Labute approximate surface area is 207 Å². The topological polar surface area (TPSA) is 63.5 Å². The van der Waals surface area contributed by atoms with Crippen LogP contribution in [0.25, 0.3) is 0 Å². The molecule has 0 saturated carbocycles. The highest BCUT2D eigenvalue weighted by Gasteiger charge is 2.27. The predicted molar refractivity (Wildman–Crippen MR) is 134 cm³/mol. The summed E-state index contributed by atoms with van der Waals surface area (Å²) in [7, 11) is 0. The van der Waals surface area contributed by atoms with E-state index in [0.717, 1.165) is 31.7 Å². The Morgan fingerprint density at radius 2 is 1.66 bits per heavy atom. The Balaban J connectivity index is 0.000000420. The summed E-state index contributed by atoms with van der Waals surface area (Å²) in [4.78, 5) is 16.6. The van der Waals surface area contributed by atoms with E-state index in [9.17, 15) is 9.18 Å². The van der Waals surface area contributed by atoms with Crippen LogP contribution in [0.5, 0.6) is 0 Å². The van der Waals surface area contributed by atoms with Gasteiger partial charge in [-0.3, -0.25) is 4.90 Å². The quantitative estimate of drug-likeness (QED) is 0.515. The lowest BCUT2D eigenvalue weighted by Crippen LogP contribution is -2.39. The van der Waals surface area contributed by atoms with Gasteiger partial charge in [-0.25, -0.2) is 13.9 Å². The largest absolute Gasteiger partial charge is 0.444 e. The number of nitrogens with zero attached hydrogens (tertiary/aromatic N) is 5. The van der Waals surface area contributed by atoms with E-state index in [0.29, 0.717) is 13.1 Å². The molecule has 1 aliphatic rings. The first kappa shape index (κ1) is 26.3. The molecule has 1 aliphatic heterocycles. The molecule has 2 heterocycles. The molecule has 8 heteroatoms. The van der Waals surface area contributed by atoms with Crippen molar-refractivity contribution in [2.45, 2.75) is 52.3 Å². The Morgan fingerprint density at radius 3 is 2.26 bits per heavy atom. The first-order valence-electron chi connectivity index (χ1n) is 12.1. The van der Waals surface area contributed by atoms with E-state index in [2.05, 4.69) is 34.3 Å². The number of rotatable bonds is 4. The maximum absolute atomic E-state index is 12.4. The molecule has 1 atom stereocenters. The summed E-state index contributed by atoms with van der Waals surface area (Å²) in [5.74, 6) is -0.178. The molecule has 1 unspecified atom stereocenters. The van der Waals surface area contributed by atoms with Crippen LogP contribution >= 0.6 is 0 Å². The van der Waals surface area contributed by atoms with Crippen molar-refractivity contribution >= 4 is 6.09 Å². The van der Waals surface area contributed by atoms with Gasteiger partial charge < -0.3 is 9.64 Å². The molecular weight excluding hydrogens is 445 g/mol. The van der Waals surface area contributed by atoms with Crippen molar-refractivity contribution in [3.05, 3.63) is 83.9 Å². The van der Waals surface area contributed by atoms with Crippen LogP contribution < -0.4 is 0 Å². The Kier molecular flexibility index (Phi) is 9.37. The van der Waals surface area contributed by atoms with Crippen molar-refractivity contribution in [1.29, 1.82) is 0 Å². The number of hydrogen-bond donors (Lipinski definition) is 0. The maximum atomic E-state index is 12.4. The maximum Gasteiger partial charge on any atom is 0.410 e. The predicted octanol–water partition coefficient (Wildman–Crippen LogP) is 5.16. The Morgan fingerprint density at radius 1 is 1.00 bits per heavy atom. The van der Waals surface area contributed by atoms with Gasteiger partial charge in [0.15, 0.2) is 0 Å². The molecule has 2 aromatic carbocycles. The van der Waals surface area contributed by atoms with Crippen LogP contribution in [0.1, 0.15) is 51.4 Å². The monoisotopic (exact) mass is 481 g/mol. The normalized spacial score (nSPS) is 15.5. The van der Waals surface area contributed by atoms with Crippen molar-refractivity contribution in [3.8, 4) is 0 Å². The van der Waals surface area contributed by atoms with Gasteiger partial charge in [0.05, 0.1) is 24.5 Å². The number of halogens is 1. The molecule has 7 nitrogen and oxygen atoms in total. The van der Waals surface area contributed by atoms with Gasteiger partial charge in [0, 0.05) is 26.2 Å². The highest BCUT2D eigenvalue weighted by molar-refractivity contribution is 5.68. The minimum absolute atomic E-state index is 0.178. The summed E-state index contributed by atoms with van der Waals surface area (Å²) < 4.78 is 19.4. The van der Waals surface area contributed by atoms with Crippen molar-refractivity contribution in [2.24, 2.45) is 0 Å². The lowest BCUT2D eigenvalue weighted by molar-refractivity contribution is 0.0255. The van der Waals surface area contributed by atoms with E-state index in [1.807, 2.05) is 54.7 Å². The lowest BCUT2D eigenvalue weighted by atomic mass is 10.2. The minimum Gasteiger partial charge on any atom is -0.444 e. The van der Waals surface area contributed by atoms with Crippen molar-refractivity contribution in [1.82, 2.24) is 24.8 Å². The third-order valence-electron chi connectivity index (χ3n) is 5.71. The fourth-order valence-electron chi connectivity index (χ4n) is 3.90. The zero-order chi connectivity index (χ0) is 25.3. The number of carbonyl (C=O) groups excluding carboxylic acids is 1. The molecule has 0 radical (unpaired) electrons. The van der Waals surface area contributed by atoms with Gasteiger partial charge in [-0.1, -0.05) is 53.7 Å². The summed E-state index contributed by atoms with van der Waals surface area (Å²) in [6, 6.07) is 18.4. The molecule has 1 amide bonds. The standard InChI is InChI=1S/C21H31N5O2.C6H5F/c1-17(19-15-22-23-26(19)16-18-9-6-5-7-10-18)24-11-8-12-25(14-13-24)20(27)28-21(2,3)4;7-6-4-2-1-3-5-6/h5-7,9-10,15,17H,8,11-14,16H2,1-4H3;1-5H. The summed E-state index contributed by atoms with van der Waals surface area (Å²) in [5, 5.41) is 8.43. The molecule has 3 aromatic rings. The van der Waals surface area contributed by atoms with Crippen molar-refractivity contribution in [3.63, 3.8) is 0 Å². The molecule has 0 spiro atoms. The third-order valence-corrected chi connectivity index (χ3v) is 5.71. The molecule has 1 saturated heterocycles. The van der Waals surface area contributed by atoms with Crippen LogP contribution in [0, 0.1) is 5.82 Å². The fourth-order valence-corrected chi connectivity index (χ4v) is 3.90. The van der Waals surface area contributed by atoms with E-state index in [1.54, 1.807) is 18.2 Å². The van der Waals surface area contributed by atoms with Gasteiger partial charge in [-0.15, -0.1) is 5.10 Å². The highest BCUT2D eigenvalue weighted by Crippen LogP contribution is 2.22. The summed E-state index contributed by atoms with van der Waals surface area (Å²) in [5.41, 5.74) is 1.83. The average molecular weight is 482 g/mol. The zero-order valence-corrected chi connectivity index (χ0v) is 21.1. The van der Waals surface area contributed by atoms with Gasteiger partial charge in [-0.05, 0) is 51.8 Å². The number of hydrogen-bond acceptors (Lipinski definition) is 5. The highest BCUT2D eigenvalue weighted by atomic mass is 19.1. The SMILES string of the molecule is CC(c1cnnn1Cc1ccccc1)N1CCCN(C(=O)OC(C)(C)C)CC1.Fc1ccccc1. The summed E-state index contributed by atoms with van der Waals surface area (Å²) in [6.45, 7) is 11.7. The van der Waals surface area contributed by atoms with Crippen LogP contribution in [0.2, 0.25) is 0 Å². The van der Waals surface area contributed by atoms with Crippen molar-refractivity contribution < 1.29 is 13.9 Å². The van der Waals surface area contributed by atoms with Crippen LogP contribution in [0.4, 0.5) is 9.18 Å². The van der Waals surface area contributed by atoms with Gasteiger partial charge in [0.1, 0.15) is 11.4 Å². The first-order chi connectivity index (χ1) is 16.7. The number of carbonyl (C=O) groups is 1. The van der Waals surface area contributed by atoms with Crippen molar-refractivity contribution in [2.75, 3.05) is 26.2 Å². The molecule has 1 fully saturated rings. The lowest BCUT2D eigenvalue weighted by Gasteiger charge is -2.28. The molecule has 0 aliphatic carbocycles. The van der Waals surface area contributed by atoms with Crippen LogP contribution in [0.15, 0.2) is 66.9 Å². The van der Waals surface area contributed by atoms with Gasteiger partial charge in [0.25, 0.3) is 0 Å². The van der Waals surface area contributed by atoms with Crippen LogP contribution in [-0.4, -0.2) is 62.7 Å². The van der Waals surface area contributed by atoms with E-state index in [4.69, 9.17) is 4.74 Å². The molecular formula is C27H36FN5O2. The van der Waals surface area contributed by atoms with Gasteiger partial charge in [0.2, 0.25) is 0 Å². The summed E-state index contributed by atoms with van der Waals surface area (Å²) in [6.07, 6.45) is 2.55. The number of benzene rings is 2. The second kappa shape index (κ2) is 12.4. The second-order valence-corrected chi connectivity index (χ2v) is 9.63. The molecule has 188 valence electrons. The van der Waals surface area contributed by atoms with E-state index >= 15 is 0 Å². The van der Waals surface area contributed by atoms with Gasteiger partial charge in [-0.2, -0.15) is 0 Å². The first-order valence-corrected chi connectivity index (χ1v) is 12.1. The Hall–Kier alpha value is -3.26. The summed E-state index contributed by atoms with van der Waals surface area (Å²) >= 11 is 0. The van der Waals surface area contributed by atoms with Crippen LogP contribution in [0.3, 0.4) is 0 Å². The van der Waals surface area contributed by atoms with E-state index in [-0.39, 0.29) is 18.0 Å².